The monoisotopic (exact) mass is 356 g/mol. The molecule has 3 aromatic rings. The molecule has 128 valence electrons. The maximum Gasteiger partial charge on any atom is 0.306 e. The molecule has 8 heteroatoms. The van der Waals surface area contributed by atoms with Crippen LogP contribution in [0.25, 0.3) is 16.2 Å². The fourth-order valence-electron chi connectivity index (χ4n) is 3.00. The zero-order valence-electron chi connectivity index (χ0n) is 13.3. The molecule has 1 saturated heterocycles. The van der Waals surface area contributed by atoms with Crippen LogP contribution >= 0.6 is 11.3 Å². The molecule has 1 aliphatic heterocycles. The van der Waals surface area contributed by atoms with Crippen molar-refractivity contribution < 1.29 is 9.90 Å². The van der Waals surface area contributed by atoms with Gasteiger partial charge in [0.15, 0.2) is 0 Å². The first-order chi connectivity index (χ1) is 12.1. The molecule has 1 fully saturated rings. The Bertz CT molecular complexity index is 974. The molecule has 0 saturated carbocycles. The largest absolute Gasteiger partial charge is 0.481 e. The number of hydrogen-bond acceptors (Lipinski definition) is 6. The van der Waals surface area contributed by atoms with E-state index >= 15 is 0 Å². The summed E-state index contributed by atoms with van der Waals surface area (Å²) < 4.78 is 1.32. The maximum absolute atomic E-state index is 12.4. The Morgan fingerprint density at radius 1 is 1.20 bits per heavy atom. The highest BCUT2D eigenvalue weighted by Gasteiger charge is 2.26. The van der Waals surface area contributed by atoms with Gasteiger partial charge in [0.1, 0.15) is 0 Å². The maximum atomic E-state index is 12.4. The van der Waals surface area contributed by atoms with Gasteiger partial charge in [-0.15, -0.1) is 5.10 Å². The first-order valence-corrected chi connectivity index (χ1v) is 8.87. The molecular weight excluding hydrogens is 340 g/mol. The van der Waals surface area contributed by atoms with Gasteiger partial charge >= 0.3 is 5.97 Å². The van der Waals surface area contributed by atoms with Crippen LogP contribution in [0.3, 0.4) is 0 Å². The van der Waals surface area contributed by atoms with E-state index in [9.17, 15) is 9.59 Å². The minimum absolute atomic E-state index is 0.216. The minimum Gasteiger partial charge on any atom is -0.481 e. The lowest BCUT2D eigenvalue weighted by Gasteiger charge is -2.29. The second-order valence-electron chi connectivity index (χ2n) is 6.02. The standard InChI is InChI=1S/C17H16N4O3S/c22-14-10-13(11-4-2-1-3-5-11)18-16-21(14)19-17(25-16)20-8-6-12(7-9-20)15(23)24/h1-5,10,12H,6-9H2,(H,23,24). The molecule has 0 atom stereocenters. The number of benzene rings is 1. The number of piperidine rings is 1. The predicted molar refractivity (Wildman–Crippen MR) is 95.1 cm³/mol. The number of carbonyl (C=O) groups is 1. The summed E-state index contributed by atoms with van der Waals surface area (Å²) in [5.74, 6) is -1.04. The molecule has 0 spiro atoms. The molecule has 0 amide bonds. The summed E-state index contributed by atoms with van der Waals surface area (Å²) in [4.78, 5) is 30.6. The normalized spacial score (nSPS) is 15.6. The molecule has 0 bridgehead atoms. The van der Waals surface area contributed by atoms with Gasteiger partial charge in [-0.2, -0.15) is 4.52 Å². The highest BCUT2D eigenvalue weighted by molar-refractivity contribution is 7.20. The van der Waals surface area contributed by atoms with Crippen molar-refractivity contribution in [2.45, 2.75) is 12.8 Å². The Hall–Kier alpha value is -2.74. The summed E-state index contributed by atoms with van der Waals surface area (Å²) in [5, 5.41) is 14.2. The van der Waals surface area contributed by atoms with E-state index in [2.05, 4.69) is 10.1 Å². The molecule has 25 heavy (non-hydrogen) atoms. The van der Waals surface area contributed by atoms with Gasteiger partial charge < -0.3 is 10.0 Å². The van der Waals surface area contributed by atoms with E-state index in [1.807, 2.05) is 35.2 Å². The van der Waals surface area contributed by atoms with Crippen LogP contribution in [0.15, 0.2) is 41.2 Å². The first kappa shape index (κ1) is 15.8. The Morgan fingerprint density at radius 2 is 1.92 bits per heavy atom. The van der Waals surface area contributed by atoms with E-state index in [0.29, 0.717) is 41.7 Å². The fraction of sp³-hybridized carbons (Fsp3) is 0.294. The Kier molecular flexibility index (Phi) is 3.96. The SMILES string of the molecule is O=C(O)C1CCN(c2nn3c(=O)cc(-c4ccccc4)nc3s2)CC1. The first-order valence-electron chi connectivity index (χ1n) is 8.06. The summed E-state index contributed by atoms with van der Waals surface area (Å²) in [6.45, 7) is 1.24. The van der Waals surface area contributed by atoms with E-state index < -0.39 is 5.97 Å². The molecule has 1 aliphatic rings. The number of carboxylic acid groups (broad SMARTS) is 1. The third kappa shape index (κ3) is 3.00. The molecule has 2 aromatic heterocycles. The zero-order valence-corrected chi connectivity index (χ0v) is 14.1. The van der Waals surface area contributed by atoms with Crippen LogP contribution in [0.5, 0.6) is 0 Å². The third-order valence-corrected chi connectivity index (χ3v) is 5.39. The Balaban J connectivity index is 1.66. The number of rotatable bonds is 3. The molecule has 3 heterocycles. The Labute approximate surface area is 147 Å². The molecule has 0 unspecified atom stereocenters. The van der Waals surface area contributed by atoms with Gasteiger partial charge in [-0.05, 0) is 12.8 Å². The lowest BCUT2D eigenvalue weighted by Crippen LogP contribution is -2.36. The van der Waals surface area contributed by atoms with Crippen molar-refractivity contribution in [2.24, 2.45) is 5.92 Å². The molecular formula is C17H16N4O3S. The van der Waals surface area contributed by atoms with Gasteiger partial charge in [0.2, 0.25) is 10.1 Å². The van der Waals surface area contributed by atoms with E-state index in [-0.39, 0.29) is 11.5 Å². The van der Waals surface area contributed by atoms with Gasteiger partial charge in [-0.3, -0.25) is 9.59 Å². The van der Waals surface area contributed by atoms with Gasteiger partial charge in [-0.1, -0.05) is 41.7 Å². The van der Waals surface area contributed by atoms with Crippen LogP contribution in [0.4, 0.5) is 5.13 Å². The highest BCUT2D eigenvalue weighted by atomic mass is 32.1. The van der Waals surface area contributed by atoms with Crippen LogP contribution in [0.2, 0.25) is 0 Å². The van der Waals surface area contributed by atoms with E-state index in [1.165, 1.54) is 21.9 Å². The summed E-state index contributed by atoms with van der Waals surface area (Å²) in [6, 6.07) is 11.0. The lowest BCUT2D eigenvalue weighted by atomic mass is 9.98. The van der Waals surface area contributed by atoms with Crippen molar-refractivity contribution in [3.8, 4) is 11.3 Å². The van der Waals surface area contributed by atoms with Gasteiger partial charge in [0, 0.05) is 24.7 Å². The molecule has 1 aromatic carbocycles. The average molecular weight is 356 g/mol. The van der Waals surface area contributed by atoms with Crippen LogP contribution < -0.4 is 10.5 Å². The highest BCUT2D eigenvalue weighted by Crippen LogP contribution is 2.27. The van der Waals surface area contributed by atoms with E-state index in [0.717, 1.165) is 5.56 Å². The summed E-state index contributed by atoms with van der Waals surface area (Å²) in [7, 11) is 0. The van der Waals surface area contributed by atoms with Crippen molar-refractivity contribution in [1.82, 2.24) is 14.6 Å². The van der Waals surface area contributed by atoms with Crippen LogP contribution in [-0.2, 0) is 4.79 Å². The summed E-state index contributed by atoms with van der Waals surface area (Å²) in [5.41, 5.74) is 1.30. The fourth-order valence-corrected chi connectivity index (χ4v) is 3.96. The predicted octanol–water partition coefficient (Wildman–Crippen LogP) is 2.12. The zero-order chi connectivity index (χ0) is 17.4. The second kappa shape index (κ2) is 6.29. The minimum atomic E-state index is -0.741. The summed E-state index contributed by atoms with van der Waals surface area (Å²) >= 11 is 1.36. The average Bonchev–Trinajstić information content (AvgIpc) is 3.07. The van der Waals surface area contributed by atoms with Crippen molar-refractivity contribution >= 4 is 27.4 Å². The number of nitrogens with zero attached hydrogens (tertiary/aromatic N) is 4. The van der Waals surface area contributed by atoms with Crippen molar-refractivity contribution in [3.05, 3.63) is 46.8 Å². The molecule has 0 radical (unpaired) electrons. The molecule has 0 aliphatic carbocycles. The quantitative estimate of drug-likeness (QED) is 0.773. The number of anilines is 1. The lowest BCUT2D eigenvalue weighted by molar-refractivity contribution is -0.142. The molecule has 1 N–H and O–H groups in total. The number of aromatic nitrogens is 3. The number of hydrogen-bond donors (Lipinski definition) is 1. The smallest absolute Gasteiger partial charge is 0.306 e. The van der Waals surface area contributed by atoms with Crippen LogP contribution in [0.1, 0.15) is 12.8 Å². The van der Waals surface area contributed by atoms with Crippen LogP contribution in [-0.4, -0.2) is 38.8 Å². The third-order valence-electron chi connectivity index (χ3n) is 4.42. The second-order valence-corrected chi connectivity index (χ2v) is 6.96. The van der Waals surface area contributed by atoms with Gasteiger partial charge in [0.25, 0.3) is 5.56 Å². The molecule has 4 rings (SSSR count). The topological polar surface area (TPSA) is 87.8 Å². The van der Waals surface area contributed by atoms with E-state index in [4.69, 9.17) is 5.11 Å². The Morgan fingerprint density at radius 3 is 2.60 bits per heavy atom. The molecule has 7 nitrogen and oxygen atoms in total. The summed E-state index contributed by atoms with van der Waals surface area (Å²) in [6.07, 6.45) is 1.17. The van der Waals surface area contributed by atoms with Gasteiger partial charge in [-0.25, -0.2) is 4.98 Å². The number of fused-ring (bicyclic) bond motifs is 1. The number of carboxylic acids is 1. The van der Waals surface area contributed by atoms with Gasteiger partial charge in [0.05, 0.1) is 11.6 Å². The number of aliphatic carboxylic acids is 1. The van der Waals surface area contributed by atoms with Crippen molar-refractivity contribution in [3.63, 3.8) is 0 Å². The van der Waals surface area contributed by atoms with E-state index in [1.54, 1.807) is 0 Å². The van der Waals surface area contributed by atoms with Crippen molar-refractivity contribution in [2.75, 3.05) is 18.0 Å². The van der Waals surface area contributed by atoms with Crippen LogP contribution in [0, 0.1) is 5.92 Å². The van der Waals surface area contributed by atoms with Crippen molar-refractivity contribution in [1.29, 1.82) is 0 Å².